The molecule has 0 aromatic rings. The molecule has 0 aromatic heterocycles. The summed E-state index contributed by atoms with van der Waals surface area (Å²) in [7, 11) is 0. The second kappa shape index (κ2) is 20.4. The molecule has 0 aliphatic rings. The smallest absolute Gasteiger partial charge is 0.420 e. The summed E-state index contributed by atoms with van der Waals surface area (Å²) in [5.74, 6) is 1.00. The first-order chi connectivity index (χ1) is 1.41. The Balaban J connectivity index is -0.0000000200. The van der Waals surface area contributed by atoms with E-state index >= 15 is 0 Å². The van der Waals surface area contributed by atoms with Crippen molar-refractivity contribution in [3.8, 4) is 0 Å². The molecule has 0 aromatic carbocycles. The first-order valence-electron chi connectivity index (χ1n) is 0.493. The normalized spacial score (nSPS) is 1.60. The zero-order chi connectivity index (χ0) is 2.71. The maximum absolute atomic E-state index is 8.46. The summed E-state index contributed by atoms with van der Waals surface area (Å²) in [6.45, 7) is 4.04. The molecule has 0 N–H and O–H groups in total. The minimum atomic E-state index is 0. The summed E-state index contributed by atoms with van der Waals surface area (Å²) in [5, 5.41) is 0. The fraction of sp³-hybridized carbons (Fsp3) is 0. The minimum Gasteiger partial charge on any atom is -0.420 e. The maximum Gasteiger partial charge on any atom is 1.00 e. The van der Waals surface area contributed by atoms with E-state index in [2.05, 4.69) is 6.58 Å². The molecule has 0 unspecified atom stereocenters. The number of rotatable bonds is 0. The van der Waals surface area contributed by atoms with Crippen LogP contribution in [0.2, 0.25) is 0 Å². The summed E-state index contributed by atoms with van der Waals surface area (Å²) in [5.41, 5.74) is 0. The first-order valence-corrected chi connectivity index (χ1v) is 0.493. The van der Waals surface area contributed by atoms with Crippen LogP contribution in [-0.4, -0.2) is 5.94 Å². The van der Waals surface area contributed by atoms with Crippen LogP contribution in [0.3, 0.4) is 0 Å². The number of carbonyl (C=O) groups excluding carboxylic acids is 1. The minimum absolute atomic E-state index is 0. The summed E-state index contributed by atoms with van der Waals surface area (Å²) < 4.78 is 0. The quantitative estimate of drug-likeness (QED) is 0.333. The molecule has 1 nitrogen and oxygen atoms in total. The second-order valence-electron chi connectivity index (χ2n) is 0.118. The van der Waals surface area contributed by atoms with E-state index in [-0.39, 0.29) is 44.8 Å². The van der Waals surface area contributed by atoms with E-state index in [1.165, 1.54) is 0 Å². The summed E-state index contributed by atoms with van der Waals surface area (Å²) in [6.07, 6.45) is 0. The van der Waals surface area contributed by atoms with Gasteiger partial charge in [-0.1, -0.05) is 5.94 Å². The van der Waals surface area contributed by atoms with Gasteiger partial charge in [-0.15, -0.1) is 0 Å². The first kappa shape index (κ1) is 16.8. The Morgan fingerprint density at radius 1 is 1.60 bits per heavy atom. The zero-order valence-corrected chi connectivity index (χ0v) is 5.05. The molecule has 3 heteroatoms. The van der Waals surface area contributed by atoms with Gasteiger partial charge in [-0.3, -0.25) is 4.79 Å². The predicted molar refractivity (Wildman–Crippen MR) is 9.99 cm³/mol. The SMILES string of the molecule is [Ag+].[Ag].[CH-]=C=O. The molecular weight excluding hydrogens is 256 g/mol. The molecular formula is C2HAg2O. The summed E-state index contributed by atoms with van der Waals surface area (Å²) in [6, 6.07) is 0. The van der Waals surface area contributed by atoms with E-state index in [0.29, 0.717) is 0 Å². The van der Waals surface area contributed by atoms with Crippen molar-refractivity contribution in [2.45, 2.75) is 0 Å². The fourth-order valence-corrected chi connectivity index (χ4v) is 0. The van der Waals surface area contributed by atoms with Crippen LogP contribution in [0, 0.1) is 6.58 Å². The molecule has 0 aliphatic heterocycles. The van der Waals surface area contributed by atoms with Gasteiger partial charge in [0.2, 0.25) is 0 Å². The van der Waals surface area contributed by atoms with Crippen LogP contribution in [0.4, 0.5) is 0 Å². The van der Waals surface area contributed by atoms with Crippen LogP contribution >= 0.6 is 0 Å². The van der Waals surface area contributed by atoms with Gasteiger partial charge in [-0.25, -0.2) is 0 Å². The Morgan fingerprint density at radius 2 is 1.60 bits per heavy atom. The Morgan fingerprint density at radius 3 is 1.60 bits per heavy atom. The van der Waals surface area contributed by atoms with Crippen molar-refractivity contribution in [2.24, 2.45) is 0 Å². The van der Waals surface area contributed by atoms with E-state index in [4.69, 9.17) is 4.79 Å². The third-order valence-corrected chi connectivity index (χ3v) is 0. The largest absolute Gasteiger partial charge is 1.00 e. The number of hydrogen-bond donors (Lipinski definition) is 0. The van der Waals surface area contributed by atoms with E-state index in [0.717, 1.165) is 5.94 Å². The van der Waals surface area contributed by atoms with Crippen molar-refractivity contribution < 1.29 is 49.6 Å². The molecule has 0 fully saturated rings. The molecule has 0 amide bonds. The van der Waals surface area contributed by atoms with Gasteiger partial charge in [0.15, 0.2) is 0 Å². The fourth-order valence-electron chi connectivity index (χ4n) is 0. The molecule has 0 rings (SSSR count). The monoisotopic (exact) mass is 255 g/mol. The van der Waals surface area contributed by atoms with Gasteiger partial charge in [-0.05, 0) is 0 Å². The molecule has 0 bridgehead atoms. The molecule has 5 heavy (non-hydrogen) atoms. The van der Waals surface area contributed by atoms with Gasteiger partial charge >= 0.3 is 22.4 Å². The predicted octanol–water partition coefficient (Wildman–Crippen LogP) is -0.198. The van der Waals surface area contributed by atoms with Crippen LogP contribution in [0.5, 0.6) is 0 Å². The third-order valence-electron chi connectivity index (χ3n) is 0. The van der Waals surface area contributed by atoms with E-state index in [1.807, 2.05) is 0 Å². The van der Waals surface area contributed by atoms with Gasteiger partial charge < -0.3 is 6.58 Å². The average molecular weight is 257 g/mol. The van der Waals surface area contributed by atoms with Gasteiger partial charge in [0, 0.05) is 22.4 Å². The van der Waals surface area contributed by atoms with Crippen LogP contribution in [-0.2, 0) is 49.6 Å². The summed E-state index contributed by atoms with van der Waals surface area (Å²) >= 11 is 0. The standard InChI is InChI=1S/C2HO.2Ag/c1-2-3;;/h1H;;/q-1;;+1. The number of hydrogen-bond acceptors (Lipinski definition) is 1. The Labute approximate surface area is 61.8 Å². The zero-order valence-electron chi connectivity index (χ0n) is 2.09. The van der Waals surface area contributed by atoms with Gasteiger partial charge in [0.05, 0.1) is 0 Å². The van der Waals surface area contributed by atoms with Crippen molar-refractivity contribution in [1.82, 2.24) is 0 Å². The maximum atomic E-state index is 8.46. The van der Waals surface area contributed by atoms with Gasteiger partial charge in [0.1, 0.15) is 0 Å². The van der Waals surface area contributed by atoms with Crippen LogP contribution in [0.15, 0.2) is 0 Å². The summed E-state index contributed by atoms with van der Waals surface area (Å²) in [4.78, 5) is 8.46. The van der Waals surface area contributed by atoms with Crippen molar-refractivity contribution in [2.75, 3.05) is 0 Å². The van der Waals surface area contributed by atoms with Crippen LogP contribution in [0.25, 0.3) is 0 Å². The van der Waals surface area contributed by atoms with E-state index < -0.39 is 0 Å². The molecule has 0 heterocycles. The molecule has 0 atom stereocenters. The Hall–Kier alpha value is 0.931. The van der Waals surface area contributed by atoms with Gasteiger partial charge in [-0.2, -0.15) is 0 Å². The Kier molecular flexibility index (Phi) is 68.6. The van der Waals surface area contributed by atoms with Crippen LogP contribution in [0.1, 0.15) is 0 Å². The van der Waals surface area contributed by atoms with E-state index in [1.54, 1.807) is 0 Å². The average Bonchev–Trinajstić information content (AvgIpc) is 0.918. The molecule has 1 radical (unpaired) electrons. The van der Waals surface area contributed by atoms with Crippen molar-refractivity contribution in [3.63, 3.8) is 0 Å². The molecule has 0 aliphatic carbocycles. The molecule has 0 spiro atoms. The van der Waals surface area contributed by atoms with Gasteiger partial charge in [0.25, 0.3) is 0 Å². The van der Waals surface area contributed by atoms with Crippen molar-refractivity contribution in [1.29, 1.82) is 0 Å². The topological polar surface area (TPSA) is 17.1 Å². The van der Waals surface area contributed by atoms with Crippen molar-refractivity contribution >= 4 is 5.94 Å². The molecule has 0 saturated heterocycles. The molecule has 37 valence electrons. The third kappa shape index (κ3) is 48.9. The van der Waals surface area contributed by atoms with Crippen LogP contribution < -0.4 is 0 Å². The van der Waals surface area contributed by atoms with E-state index in [9.17, 15) is 0 Å². The Bertz CT molecular complexity index is 28.6. The van der Waals surface area contributed by atoms with Crippen molar-refractivity contribution in [3.05, 3.63) is 6.58 Å². The molecule has 0 saturated carbocycles. The second-order valence-corrected chi connectivity index (χ2v) is 0.118.